The molecule has 4 nitrogen and oxygen atoms in total. The Morgan fingerprint density at radius 3 is 2.94 bits per heavy atom. The Kier molecular flexibility index (Phi) is 4.19. The first-order chi connectivity index (χ1) is 8.25. The largest absolute Gasteiger partial charge is 0.386 e. The second-order valence-corrected chi connectivity index (χ2v) is 4.79. The number of hydrogen-bond donors (Lipinski definition) is 2. The third-order valence-electron chi connectivity index (χ3n) is 2.35. The van der Waals surface area contributed by atoms with Gasteiger partial charge >= 0.3 is 0 Å². The molecule has 90 valence electrons. The Morgan fingerprint density at radius 2 is 2.29 bits per heavy atom. The standard InChI is InChI=1S/C12H15N3OS/c1-9-5-15-10(7-14-9)6-13-8-11(16)12-3-2-4-17-12/h2-5,7,11,13,16H,6,8H2,1H3. The first-order valence-corrected chi connectivity index (χ1v) is 6.33. The van der Waals surface area contributed by atoms with Crippen molar-refractivity contribution in [3.8, 4) is 0 Å². The highest BCUT2D eigenvalue weighted by atomic mass is 32.1. The summed E-state index contributed by atoms with van der Waals surface area (Å²) in [7, 11) is 0. The van der Waals surface area contributed by atoms with Crippen LogP contribution in [0.1, 0.15) is 22.4 Å². The number of aliphatic hydroxyl groups is 1. The third kappa shape index (κ3) is 3.59. The van der Waals surface area contributed by atoms with Gasteiger partial charge in [-0.1, -0.05) is 6.07 Å². The molecule has 0 spiro atoms. The lowest BCUT2D eigenvalue weighted by atomic mass is 10.3. The van der Waals surface area contributed by atoms with E-state index in [4.69, 9.17) is 0 Å². The summed E-state index contributed by atoms with van der Waals surface area (Å²) in [4.78, 5) is 9.38. The van der Waals surface area contributed by atoms with Gasteiger partial charge in [0.25, 0.3) is 0 Å². The Hall–Kier alpha value is -1.30. The van der Waals surface area contributed by atoms with Gasteiger partial charge < -0.3 is 10.4 Å². The lowest BCUT2D eigenvalue weighted by molar-refractivity contribution is 0.178. The van der Waals surface area contributed by atoms with Gasteiger partial charge in [0.1, 0.15) is 6.10 Å². The molecule has 0 aliphatic rings. The lowest BCUT2D eigenvalue weighted by Crippen LogP contribution is -2.21. The summed E-state index contributed by atoms with van der Waals surface area (Å²) in [5, 5.41) is 15.0. The highest BCUT2D eigenvalue weighted by Gasteiger charge is 2.07. The van der Waals surface area contributed by atoms with E-state index in [1.54, 1.807) is 23.7 Å². The third-order valence-corrected chi connectivity index (χ3v) is 3.32. The van der Waals surface area contributed by atoms with Crippen LogP contribution in [0.4, 0.5) is 0 Å². The summed E-state index contributed by atoms with van der Waals surface area (Å²) in [5.41, 5.74) is 1.79. The van der Waals surface area contributed by atoms with Crippen molar-refractivity contribution in [2.45, 2.75) is 19.6 Å². The molecule has 1 unspecified atom stereocenters. The molecule has 0 aromatic carbocycles. The fourth-order valence-corrected chi connectivity index (χ4v) is 2.14. The molecule has 2 aromatic rings. The average molecular weight is 249 g/mol. The van der Waals surface area contributed by atoms with Gasteiger partial charge in [-0.2, -0.15) is 0 Å². The molecule has 0 saturated heterocycles. The molecular formula is C12H15N3OS. The molecule has 0 bridgehead atoms. The summed E-state index contributed by atoms with van der Waals surface area (Å²) in [6.07, 6.45) is 3.04. The monoisotopic (exact) mass is 249 g/mol. The number of aromatic nitrogens is 2. The van der Waals surface area contributed by atoms with Crippen molar-refractivity contribution in [1.29, 1.82) is 0 Å². The van der Waals surface area contributed by atoms with Gasteiger partial charge in [-0.3, -0.25) is 9.97 Å². The van der Waals surface area contributed by atoms with Crippen molar-refractivity contribution in [2.75, 3.05) is 6.54 Å². The molecule has 0 radical (unpaired) electrons. The first kappa shape index (κ1) is 12.2. The van der Waals surface area contributed by atoms with Gasteiger partial charge in [-0.15, -0.1) is 11.3 Å². The van der Waals surface area contributed by atoms with Crippen LogP contribution in [0.25, 0.3) is 0 Å². The molecular weight excluding hydrogens is 234 g/mol. The van der Waals surface area contributed by atoms with Crippen LogP contribution in [0.15, 0.2) is 29.9 Å². The Morgan fingerprint density at radius 1 is 1.41 bits per heavy atom. The molecule has 0 fully saturated rings. The lowest BCUT2D eigenvalue weighted by Gasteiger charge is -2.09. The smallest absolute Gasteiger partial charge is 0.101 e. The molecule has 5 heteroatoms. The number of rotatable bonds is 5. The zero-order valence-corrected chi connectivity index (χ0v) is 10.4. The fraction of sp³-hybridized carbons (Fsp3) is 0.333. The maximum Gasteiger partial charge on any atom is 0.101 e. The van der Waals surface area contributed by atoms with E-state index in [1.807, 2.05) is 24.4 Å². The van der Waals surface area contributed by atoms with Crippen LogP contribution in [0.2, 0.25) is 0 Å². The summed E-state index contributed by atoms with van der Waals surface area (Å²) in [5.74, 6) is 0. The van der Waals surface area contributed by atoms with Crippen molar-refractivity contribution in [3.63, 3.8) is 0 Å². The van der Waals surface area contributed by atoms with Crippen LogP contribution in [0.3, 0.4) is 0 Å². The van der Waals surface area contributed by atoms with E-state index in [1.165, 1.54) is 0 Å². The minimum Gasteiger partial charge on any atom is -0.386 e. The van der Waals surface area contributed by atoms with Crippen molar-refractivity contribution < 1.29 is 5.11 Å². The van der Waals surface area contributed by atoms with Gasteiger partial charge in [0.2, 0.25) is 0 Å². The number of nitrogens with one attached hydrogen (secondary N) is 1. The Bertz CT molecular complexity index is 441. The SMILES string of the molecule is Cc1cnc(CNCC(O)c2cccs2)cn1. The molecule has 2 heterocycles. The van der Waals surface area contributed by atoms with Crippen LogP contribution in [0.5, 0.6) is 0 Å². The van der Waals surface area contributed by atoms with E-state index < -0.39 is 6.10 Å². The zero-order valence-electron chi connectivity index (χ0n) is 9.63. The summed E-state index contributed by atoms with van der Waals surface area (Å²) in [6, 6.07) is 3.87. The van der Waals surface area contributed by atoms with Crippen molar-refractivity contribution >= 4 is 11.3 Å². The zero-order chi connectivity index (χ0) is 12.1. The predicted octanol–water partition coefficient (Wildman–Crippen LogP) is 1.67. The second-order valence-electron chi connectivity index (χ2n) is 3.81. The van der Waals surface area contributed by atoms with E-state index in [-0.39, 0.29) is 0 Å². The minimum atomic E-state index is -0.451. The van der Waals surface area contributed by atoms with Gasteiger partial charge in [0, 0.05) is 30.4 Å². The maximum absolute atomic E-state index is 9.84. The van der Waals surface area contributed by atoms with Crippen molar-refractivity contribution in [2.24, 2.45) is 0 Å². The van der Waals surface area contributed by atoms with Gasteiger partial charge in [0.05, 0.1) is 11.4 Å². The Balaban J connectivity index is 1.78. The first-order valence-electron chi connectivity index (χ1n) is 5.45. The van der Waals surface area contributed by atoms with Gasteiger partial charge in [-0.25, -0.2) is 0 Å². The van der Waals surface area contributed by atoms with Gasteiger partial charge in [-0.05, 0) is 18.4 Å². The number of aryl methyl sites for hydroxylation is 1. The number of aliphatic hydroxyl groups excluding tert-OH is 1. The van der Waals surface area contributed by atoms with Crippen LogP contribution >= 0.6 is 11.3 Å². The topological polar surface area (TPSA) is 58.0 Å². The summed E-state index contributed by atoms with van der Waals surface area (Å²) in [6.45, 7) is 3.05. The van der Waals surface area contributed by atoms with E-state index in [2.05, 4.69) is 15.3 Å². The second kappa shape index (κ2) is 5.86. The number of hydrogen-bond acceptors (Lipinski definition) is 5. The summed E-state index contributed by atoms with van der Waals surface area (Å²) < 4.78 is 0. The Labute approximate surface area is 104 Å². The minimum absolute atomic E-state index is 0.451. The highest BCUT2D eigenvalue weighted by Crippen LogP contribution is 2.17. The van der Waals surface area contributed by atoms with Crippen LogP contribution in [-0.2, 0) is 6.54 Å². The maximum atomic E-state index is 9.84. The predicted molar refractivity (Wildman–Crippen MR) is 67.8 cm³/mol. The van der Waals surface area contributed by atoms with Crippen LogP contribution < -0.4 is 5.32 Å². The normalized spacial score (nSPS) is 12.6. The molecule has 17 heavy (non-hydrogen) atoms. The van der Waals surface area contributed by atoms with Gasteiger partial charge in [0.15, 0.2) is 0 Å². The molecule has 1 atom stereocenters. The average Bonchev–Trinajstić information content (AvgIpc) is 2.85. The van der Waals surface area contributed by atoms with E-state index in [9.17, 15) is 5.11 Å². The molecule has 0 saturated carbocycles. The van der Waals surface area contributed by atoms with E-state index in [0.717, 1.165) is 16.3 Å². The molecule has 0 amide bonds. The molecule has 2 N–H and O–H groups in total. The molecule has 0 aliphatic heterocycles. The fourth-order valence-electron chi connectivity index (χ4n) is 1.43. The molecule has 2 rings (SSSR count). The van der Waals surface area contributed by atoms with Crippen LogP contribution in [-0.4, -0.2) is 21.6 Å². The summed E-state index contributed by atoms with van der Waals surface area (Å²) >= 11 is 1.56. The van der Waals surface area contributed by atoms with E-state index in [0.29, 0.717) is 13.1 Å². The van der Waals surface area contributed by atoms with Crippen LogP contribution in [0, 0.1) is 6.92 Å². The number of nitrogens with zero attached hydrogens (tertiary/aromatic N) is 2. The quantitative estimate of drug-likeness (QED) is 0.846. The van der Waals surface area contributed by atoms with E-state index >= 15 is 0 Å². The number of thiophene rings is 1. The van der Waals surface area contributed by atoms with Crippen molar-refractivity contribution in [1.82, 2.24) is 15.3 Å². The van der Waals surface area contributed by atoms with Crippen molar-refractivity contribution in [3.05, 3.63) is 46.2 Å². The molecule has 2 aromatic heterocycles. The highest BCUT2D eigenvalue weighted by molar-refractivity contribution is 7.10. The molecule has 0 aliphatic carbocycles.